The van der Waals surface area contributed by atoms with Crippen molar-refractivity contribution in [1.29, 1.82) is 0 Å². The Morgan fingerprint density at radius 3 is 2.23 bits per heavy atom. The number of fused-ring (bicyclic) bond motifs is 1. The predicted molar refractivity (Wildman–Crippen MR) is 85.8 cm³/mol. The van der Waals surface area contributed by atoms with Crippen LogP contribution < -0.4 is 5.73 Å². The SMILES string of the molecule is CC.Nc1ccc2nc(-c3ccc(C(F)(F)F)cc3)sc2c1. The van der Waals surface area contributed by atoms with Gasteiger partial charge in [0, 0.05) is 11.3 Å². The number of alkyl halides is 3. The van der Waals surface area contributed by atoms with Crippen molar-refractivity contribution >= 4 is 27.2 Å². The van der Waals surface area contributed by atoms with Gasteiger partial charge in [0.2, 0.25) is 0 Å². The van der Waals surface area contributed by atoms with Crippen molar-refractivity contribution in [2.75, 3.05) is 5.73 Å². The van der Waals surface area contributed by atoms with Crippen molar-refractivity contribution in [3.63, 3.8) is 0 Å². The first kappa shape index (κ1) is 16.3. The van der Waals surface area contributed by atoms with Gasteiger partial charge < -0.3 is 5.73 Å². The molecule has 0 saturated carbocycles. The molecule has 1 aromatic heterocycles. The van der Waals surface area contributed by atoms with E-state index < -0.39 is 11.7 Å². The molecule has 6 heteroatoms. The Bertz CT molecular complexity index is 761. The van der Waals surface area contributed by atoms with E-state index in [0.717, 1.165) is 22.3 Å². The minimum atomic E-state index is -4.32. The van der Waals surface area contributed by atoms with Crippen molar-refractivity contribution in [2.45, 2.75) is 20.0 Å². The standard InChI is InChI=1S/C14H9F3N2S.C2H6/c15-14(16,17)9-3-1-8(2-4-9)13-19-11-6-5-10(18)7-12(11)20-13;1-2/h1-7H,18H2;1-2H3. The van der Waals surface area contributed by atoms with Gasteiger partial charge in [0.15, 0.2) is 0 Å². The number of hydrogen-bond acceptors (Lipinski definition) is 3. The Kier molecular flexibility index (Phi) is 4.71. The summed E-state index contributed by atoms with van der Waals surface area (Å²) >= 11 is 1.41. The number of nitrogens with zero attached hydrogens (tertiary/aromatic N) is 1. The highest BCUT2D eigenvalue weighted by atomic mass is 32.1. The van der Waals surface area contributed by atoms with Crippen LogP contribution in [-0.4, -0.2) is 4.98 Å². The first-order valence-electron chi connectivity index (χ1n) is 6.77. The van der Waals surface area contributed by atoms with E-state index in [1.165, 1.54) is 23.5 Å². The van der Waals surface area contributed by atoms with Crippen LogP contribution in [0.4, 0.5) is 18.9 Å². The van der Waals surface area contributed by atoms with Crippen molar-refractivity contribution in [3.8, 4) is 10.6 Å². The van der Waals surface area contributed by atoms with Crippen LogP contribution in [0.3, 0.4) is 0 Å². The van der Waals surface area contributed by atoms with E-state index in [-0.39, 0.29) is 0 Å². The predicted octanol–water partition coefficient (Wildman–Crippen LogP) is 5.59. The zero-order chi connectivity index (χ0) is 16.3. The van der Waals surface area contributed by atoms with Gasteiger partial charge in [-0.15, -0.1) is 11.3 Å². The summed E-state index contributed by atoms with van der Waals surface area (Å²) in [7, 11) is 0. The number of nitrogens with two attached hydrogens (primary N) is 1. The van der Waals surface area contributed by atoms with Gasteiger partial charge in [0.05, 0.1) is 15.8 Å². The molecule has 0 saturated heterocycles. The molecular formula is C16H15F3N2S. The van der Waals surface area contributed by atoms with Crippen molar-refractivity contribution < 1.29 is 13.2 Å². The highest BCUT2D eigenvalue weighted by molar-refractivity contribution is 7.21. The van der Waals surface area contributed by atoms with Gasteiger partial charge in [-0.05, 0) is 30.3 Å². The minimum absolute atomic E-state index is 0.639. The van der Waals surface area contributed by atoms with Gasteiger partial charge in [-0.1, -0.05) is 26.0 Å². The van der Waals surface area contributed by atoms with Gasteiger partial charge in [-0.2, -0.15) is 13.2 Å². The molecule has 2 nitrogen and oxygen atoms in total. The number of hydrogen-bond donors (Lipinski definition) is 1. The van der Waals surface area contributed by atoms with E-state index in [9.17, 15) is 13.2 Å². The average molecular weight is 324 g/mol. The van der Waals surface area contributed by atoms with Crippen LogP contribution in [0.5, 0.6) is 0 Å². The molecular weight excluding hydrogens is 309 g/mol. The van der Waals surface area contributed by atoms with Gasteiger partial charge in [-0.25, -0.2) is 4.98 Å². The van der Waals surface area contributed by atoms with E-state index in [0.29, 0.717) is 16.3 Å². The van der Waals surface area contributed by atoms with Gasteiger partial charge in [0.1, 0.15) is 5.01 Å². The highest BCUT2D eigenvalue weighted by Gasteiger charge is 2.30. The first-order chi connectivity index (χ1) is 10.4. The second-order valence-electron chi connectivity index (χ2n) is 4.32. The number of benzene rings is 2. The molecule has 1 heterocycles. The van der Waals surface area contributed by atoms with E-state index in [1.54, 1.807) is 18.2 Å². The number of anilines is 1. The molecule has 2 N–H and O–H groups in total. The molecule has 0 fully saturated rings. The van der Waals surface area contributed by atoms with Crippen molar-refractivity contribution in [1.82, 2.24) is 4.98 Å². The van der Waals surface area contributed by atoms with Crippen LogP contribution >= 0.6 is 11.3 Å². The summed E-state index contributed by atoms with van der Waals surface area (Å²) < 4.78 is 38.4. The summed E-state index contributed by atoms with van der Waals surface area (Å²) in [6.45, 7) is 4.00. The van der Waals surface area contributed by atoms with Crippen molar-refractivity contribution in [3.05, 3.63) is 48.0 Å². The average Bonchev–Trinajstić information content (AvgIpc) is 2.91. The van der Waals surface area contributed by atoms with E-state index in [4.69, 9.17) is 5.73 Å². The summed E-state index contributed by atoms with van der Waals surface area (Å²) in [5, 5.41) is 0.680. The molecule has 0 amide bonds. The lowest BCUT2D eigenvalue weighted by Crippen LogP contribution is -2.03. The van der Waals surface area contributed by atoms with Crippen LogP contribution in [0.1, 0.15) is 19.4 Å². The molecule has 0 radical (unpaired) electrons. The third kappa shape index (κ3) is 3.39. The Morgan fingerprint density at radius 2 is 1.64 bits per heavy atom. The molecule has 0 atom stereocenters. The van der Waals surface area contributed by atoms with Gasteiger partial charge >= 0.3 is 6.18 Å². The molecule has 0 aliphatic rings. The molecule has 0 bridgehead atoms. The van der Waals surface area contributed by atoms with Crippen molar-refractivity contribution in [2.24, 2.45) is 0 Å². The Labute approximate surface area is 130 Å². The summed E-state index contributed by atoms with van der Waals surface area (Å²) in [5.41, 5.74) is 7.13. The summed E-state index contributed by atoms with van der Waals surface area (Å²) in [6.07, 6.45) is -4.32. The maximum Gasteiger partial charge on any atom is 0.416 e. The molecule has 22 heavy (non-hydrogen) atoms. The second-order valence-corrected chi connectivity index (χ2v) is 5.35. The van der Waals surface area contributed by atoms with Crippen LogP contribution in [0.2, 0.25) is 0 Å². The van der Waals surface area contributed by atoms with Gasteiger partial charge in [-0.3, -0.25) is 0 Å². The second kappa shape index (κ2) is 6.36. The zero-order valence-electron chi connectivity index (χ0n) is 12.1. The number of nitrogen functional groups attached to an aromatic ring is 1. The third-order valence-electron chi connectivity index (χ3n) is 2.87. The van der Waals surface area contributed by atoms with E-state index in [1.807, 2.05) is 13.8 Å². The third-order valence-corrected chi connectivity index (χ3v) is 3.94. The summed E-state index contributed by atoms with van der Waals surface area (Å²) in [4.78, 5) is 4.40. The monoisotopic (exact) mass is 324 g/mol. The Hall–Kier alpha value is -2.08. The maximum atomic E-state index is 12.5. The molecule has 0 aliphatic heterocycles. The zero-order valence-corrected chi connectivity index (χ0v) is 12.9. The topological polar surface area (TPSA) is 38.9 Å². The van der Waals surface area contributed by atoms with Crippen LogP contribution in [0, 0.1) is 0 Å². The fraction of sp³-hybridized carbons (Fsp3) is 0.188. The van der Waals surface area contributed by atoms with Gasteiger partial charge in [0.25, 0.3) is 0 Å². The number of halogens is 3. The fourth-order valence-electron chi connectivity index (χ4n) is 1.87. The van der Waals surface area contributed by atoms with Crippen LogP contribution in [0.25, 0.3) is 20.8 Å². The van der Waals surface area contributed by atoms with E-state index in [2.05, 4.69) is 4.98 Å². The van der Waals surface area contributed by atoms with Crippen LogP contribution in [-0.2, 0) is 6.18 Å². The summed E-state index contributed by atoms with van der Waals surface area (Å²) in [5.74, 6) is 0. The maximum absolute atomic E-state index is 12.5. The molecule has 3 aromatic rings. The normalized spacial score (nSPS) is 11.1. The lowest BCUT2D eigenvalue weighted by molar-refractivity contribution is -0.137. The lowest BCUT2D eigenvalue weighted by atomic mass is 10.1. The minimum Gasteiger partial charge on any atom is -0.399 e. The first-order valence-corrected chi connectivity index (χ1v) is 7.59. The Morgan fingerprint density at radius 1 is 1.00 bits per heavy atom. The number of rotatable bonds is 1. The summed E-state index contributed by atoms with van der Waals surface area (Å²) in [6, 6.07) is 10.4. The molecule has 2 aromatic carbocycles. The molecule has 0 unspecified atom stereocenters. The highest BCUT2D eigenvalue weighted by Crippen LogP contribution is 2.34. The number of aromatic nitrogens is 1. The van der Waals surface area contributed by atoms with E-state index >= 15 is 0 Å². The molecule has 116 valence electrons. The largest absolute Gasteiger partial charge is 0.416 e. The van der Waals surface area contributed by atoms with Crippen LogP contribution in [0.15, 0.2) is 42.5 Å². The smallest absolute Gasteiger partial charge is 0.399 e. The molecule has 3 rings (SSSR count). The number of thiazole rings is 1. The molecule has 0 spiro atoms. The quantitative estimate of drug-likeness (QED) is 0.593. The fourth-order valence-corrected chi connectivity index (χ4v) is 2.89. The lowest BCUT2D eigenvalue weighted by Gasteiger charge is -2.06. The Balaban J connectivity index is 0.000000847. The molecule has 0 aliphatic carbocycles.